The molecule has 1 saturated heterocycles. The number of hydrogen-bond acceptors (Lipinski definition) is 3. The maximum atomic E-state index is 12.8. The number of para-hydroxylation sites is 2. The monoisotopic (exact) mass is 384 g/mol. The average molecular weight is 384 g/mol. The summed E-state index contributed by atoms with van der Waals surface area (Å²) in [7, 11) is 0. The molecular formula is C24H20N2O3. The second-order valence-electron chi connectivity index (χ2n) is 6.79. The maximum absolute atomic E-state index is 12.8. The van der Waals surface area contributed by atoms with Gasteiger partial charge in [-0.05, 0) is 36.8 Å². The number of aryl methyl sites for hydroxylation is 1. The van der Waals surface area contributed by atoms with Crippen molar-refractivity contribution >= 4 is 23.6 Å². The van der Waals surface area contributed by atoms with E-state index in [1.165, 1.54) is 5.01 Å². The number of carbonyl (C=O) groups is 2. The molecule has 3 aromatic carbocycles. The Morgan fingerprint density at radius 3 is 2.48 bits per heavy atom. The molecule has 1 aliphatic rings. The van der Waals surface area contributed by atoms with E-state index >= 15 is 0 Å². The van der Waals surface area contributed by atoms with Crippen LogP contribution < -0.4 is 15.2 Å². The van der Waals surface area contributed by atoms with Crippen LogP contribution in [-0.4, -0.2) is 11.8 Å². The summed E-state index contributed by atoms with van der Waals surface area (Å²) in [6, 6.07) is 24.4. The third kappa shape index (κ3) is 4.04. The SMILES string of the molecule is Cc1cccc(COc2ccccc2/C=C2/C(=O)NN(c3ccccc3)C2=O)c1. The number of carbonyl (C=O) groups excluding carboxylic acids is 2. The van der Waals surface area contributed by atoms with Crippen molar-refractivity contribution in [1.29, 1.82) is 0 Å². The average Bonchev–Trinajstić information content (AvgIpc) is 3.02. The molecule has 1 heterocycles. The molecule has 0 aromatic heterocycles. The minimum absolute atomic E-state index is 0.0699. The highest BCUT2D eigenvalue weighted by Gasteiger charge is 2.34. The Bertz CT molecular complexity index is 1090. The second-order valence-corrected chi connectivity index (χ2v) is 6.79. The van der Waals surface area contributed by atoms with E-state index in [0.717, 1.165) is 11.1 Å². The molecule has 0 unspecified atom stereocenters. The van der Waals surface area contributed by atoms with Crippen LogP contribution in [-0.2, 0) is 16.2 Å². The fourth-order valence-corrected chi connectivity index (χ4v) is 3.17. The molecular weight excluding hydrogens is 364 g/mol. The third-order valence-electron chi connectivity index (χ3n) is 4.60. The van der Waals surface area contributed by atoms with Gasteiger partial charge in [0, 0.05) is 5.56 Å². The smallest absolute Gasteiger partial charge is 0.282 e. The number of hydrogen-bond donors (Lipinski definition) is 1. The van der Waals surface area contributed by atoms with E-state index < -0.39 is 11.8 Å². The third-order valence-corrected chi connectivity index (χ3v) is 4.60. The Morgan fingerprint density at radius 1 is 0.931 bits per heavy atom. The van der Waals surface area contributed by atoms with Gasteiger partial charge in [0.15, 0.2) is 0 Å². The Morgan fingerprint density at radius 2 is 1.69 bits per heavy atom. The lowest BCUT2D eigenvalue weighted by Crippen LogP contribution is -2.35. The molecule has 1 aliphatic heterocycles. The molecule has 0 atom stereocenters. The zero-order chi connectivity index (χ0) is 20.2. The van der Waals surface area contributed by atoms with E-state index in [4.69, 9.17) is 4.74 Å². The van der Waals surface area contributed by atoms with Gasteiger partial charge in [0.05, 0.1) is 5.69 Å². The number of ether oxygens (including phenoxy) is 1. The molecule has 2 amide bonds. The highest BCUT2D eigenvalue weighted by Crippen LogP contribution is 2.26. The number of rotatable bonds is 5. The van der Waals surface area contributed by atoms with Crippen LogP contribution in [0.4, 0.5) is 5.69 Å². The summed E-state index contributed by atoms with van der Waals surface area (Å²) in [5.41, 5.74) is 6.18. The van der Waals surface area contributed by atoms with Crippen LogP contribution in [0.15, 0.2) is 84.4 Å². The summed E-state index contributed by atoms with van der Waals surface area (Å²) in [4.78, 5) is 25.2. The van der Waals surface area contributed by atoms with Crippen molar-refractivity contribution in [1.82, 2.24) is 5.43 Å². The first-order chi connectivity index (χ1) is 14.1. The van der Waals surface area contributed by atoms with Crippen LogP contribution in [0.1, 0.15) is 16.7 Å². The molecule has 3 aromatic rings. The van der Waals surface area contributed by atoms with Gasteiger partial charge in [0.1, 0.15) is 17.9 Å². The number of nitrogens with zero attached hydrogens (tertiary/aromatic N) is 1. The number of nitrogens with one attached hydrogen (secondary N) is 1. The lowest BCUT2D eigenvalue weighted by atomic mass is 10.1. The first-order valence-corrected chi connectivity index (χ1v) is 9.31. The molecule has 5 nitrogen and oxygen atoms in total. The Hall–Kier alpha value is -3.86. The summed E-state index contributed by atoms with van der Waals surface area (Å²) < 4.78 is 5.97. The van der Waals surface area contributed by atoms with Gasteiger partial charge in [-0.15, -0.1) is 0 Å². The van der Waals surface area contributed by atoms with Crippen molar-refractivity contribution < 1.29 is 14.3 Å². The van der Waals surface area contributed by atoms with Crippen molar-refractivity contribution in [2.45, 2.75) is 13.5 Å². The Balaban J connectivity index is 1.58. The molecule has 0 aliphatic carbocycles. The summed E-state index contributed by atoms with van der Waals surface area (Å²) in [6.45, 7) is 2.43. The van der Waals surface area contributed by atoms with E-state index in [1.54, 1.807) is 18.2 Å². The normalized spacial score (nSPS) is 14.9. The molecule has 29 heavy (non-hydrogen) atoms. The lowest BCUT2D eigenvalue weighted by Gasteiger charge is -2.14. The van der Waals surface area contributed by atoms with Gasteiger partial charge in [-0.2, -0.15) is 0 Å². The topological polar surface area (TPSA) is 58.6 Å². The largest absolute Gasteiger partial charge is 0.488 e. The lowest BCUT2D eigenvalue weighted by molar-refractivity contribution is -0.117. The number of hydrazine groups is 1. The van der Waals surface area contributed by atoms with Gasteiger partial charge in [-0.3, -0.25) is 15.0 Å². The summed E-state index contributed by atoms with van der Waals surface area (Å²) in [5, 5.41) is 1.25. The van der Waals surface area contributed by atoms with Crippen LogP contribution in [0.2, 0.25) is 0 Å². The highest BCUT2D eigenvalue weighted by molar-refractivity contribution is 6.31. The van der Waals surface area contributed by atoms with E-state index in [2.05, 4.69) is 11.5 Å². The molecule has 0 bridgehead atoms. The molecule has 5 heteroatoms. The molecule has 1 N–H and O–H groups in total. The van der Waals surface area contributed by atoms with Crippen LogP contribution in [0.25, 0.3) is 6.08 Å². The predicted octanol–water partition coefficient (Wildman–Crippen LogP) is 4.04. The summed E-state index contributed by atoms with van der Waals surface area (Å²) >= 11 is 0. The van der Waals surface area contributed by atoms with Crippen molar-refractivity contribution in [2.24, 2.45) is 0 Å². The van der Waals surface area contributed by atoms with Gasteiger partial charge in [0.2, 0.25) is 0 Å². The zero-order valence-corrected chi connectivity index (χ0v) is 16.0. The summed E-state index contributed by atoms with van der Waals surface area (Å²) in [5.74, 6) is -0.220. The van der Waals surface area contributed by atoms with Gasteiger partial charge in [-0.25, -0.2) is 5.01 Å². The minimum atomic E-state index is -0.438. The fraction of sp³-hybridized carbons (Fsp3) is 0.0833. The Kier molecular flexibility index (Phi) is 5.12. The van der Waals surface area contributed by atoms with Crippen molar-refractivity contribution in [3.63, 3.8) is 0 Å². The van der Waals surface area contributed by atoms with Crippen LogP contribution in [0, 0.1) is 6.92 Å². The predicted molar refractivity (Wildman–Crippen MR) is 112 cm³/mol. The summed E-state index contributed by atoms with van der Waals surface area (Å²) in [6.07, 6.45) is 1.58. The van der Waals surface area contributed by atoms with Crippen molar-refractivity contribution in [3.8, 4) is 5.75 Å². The highest BCUT2D eigenvalue weighted by atomic mass is 16.5. The molecule has 0 saturated carbocycles. The molecule has 4 rings (SSSR count). The van der Waals surface area contributed by atoms with Crippen molar-refractivity contribution in [2.75, 3.05) is 5.01 Å². The van der Waals surface area contributed by atoms with Gasteiger partial charge in [-0.1, -0.05) is 66.2 Å². The first-order valence-electron chi connectivity index (χ1n) is 9.31. The van der Waals surface area contributed by atoms with E-state index in [9.17, 15) is 9.59 Å². The van der Waals surface area contributed by atoms with Gasteiger partial charge < -0.3 is 4.74 Å². The second kappa shape index (κ2) is 8.02. The number of benzene rings is 3. The van der Waals surface area contributed by atoms with Gasteiger partial charge in [0.25, 0.3) is 11.8 Å². The molecule has 1 fully saturated rings. The molecule has 0 radical (unpaired) electrons. The number of anilines is 1. The van der Waals surface area contributed by atoms with E-state index in [1.807, 2.05) is 67.6 Å². The standard InChI is InChI=1S/C24H20N2O3/c1-17-8-7-9-18(14-17)16-29-22-13-6-5-10-19(22)15-21-23(27)25-26(24(21)28)20-11-3-2-4-12-20/h2-15H,16H2,1H3,(H,25,27)/b21-15-. The first kappa shape index (κ1) is 18.5. The quantitative estimate of drug-likeness (QED) is 0.534. The number of amides is 2. The maximum Gasteiger partial charge on any atom is 0.282 e. The molecule has 0 spiro atoms. The van der Waals surface area contributed by atoms with Crippen LogP contribution in [0.5, 0.6) is 5.75 Å². The molecule has 144 valence electrons. The van der Waals surface area contributed by atoms with Crippen LogP contribution in [0.3, 0.4) is 0 Å². The van der Waals surface area contributed by atoms with Gasteiger partial charge >= 0.3 is 0 Å². The Labute approximate surface area is 169 Å². The fourth-order valence-electron chi connectivity index (χ4n) is 3.17. The van der Waals surface area contributed by atoms with E-state index in [-0.39, 0.29) is 5.57 Å². The van der Waals surface area contributed by atoms with Crippen molar-refractivity contribution in [3.05, 3.63) is 101 Å². The van der Waals surface area contributed by atoms with Crippen LogP contribution >= 0.6 is 0 Å². The zero-order valence-electron chi connectivity index (χ0n) is 16.0. The minimum Gasteiger partial charge on any atom is -0.488 e. The van der Waals surface area contributed by atoms with E-state index in [0.29, 0.717) is 23.6 Å².